The standard InChI is InChI=1S/C6H7NO2S/c1-10(9)7-4-2-6(8)3-5-7/h2-5H,1H3. The Morgan fingerprint density at radius 2 is 2.00 bits per heavy atom. The minimum atomic E-state index is -1.06. The van der Waals surface area contributed by atoms with E-state index in [9.17, 15) is 9.35 Å². The van der Waals surface area contributed by atoms with Crippen LogP contribution in [0.5, 0.6) is 0 Å². The van der Waals surface area contributed by atoms with E-state index in [1.807, 2.05) is 0 Å². The lowest BCUT2D eigenvalue weighted by Crippen LogP contribution is -2.11. The van der Waals surface area contributed by atoms with E-state index in [-0.39, 0.29) is 5.43 Å². The summed E-state index contributed by atoms with van der Waals surface area (Å²) in [5.74, 6) is 0. The smallest absolute Gasteiger partial charge is 0.181 e. The van der Waals surface area contributed by atoms with Crippen molar-refractivity contribution in [2.75, 3.05) is 6.26 Å². The molecule has 0 saturated carbocycles. The molecule has 0 amide bonds. The van der Waals surface area contributed by atoms with Gasteiger partial charge < -0.3 is 4.55 Å². The Morgan fingerprint density at radius 1 is 1.50 bits per heavy atom. The van der Waals surface area contributed by atoms with E-state index in [2.05, 4.69) is 0 Å². The first-order valence-electron chi connectivity index (χ1n) is 2.72. The zero-order valence-electron chi connectivity index (χ0n) is 5.48. The van der Waals surface area contributed by atoms with Gasteiger partial charge in [0.15, 0.2) is 5.43 Å². The Morgan fingerprint density at radius 3 is 2.40 bits per heavy atom. The van der Waals surface area contributed by atoms with E-state index in [0.29, 0.717) is 0 Å². The molecule has 4 heteroatoms. The highest BCUT2D eigenvalue weighted by atomic mass is 32.2. The van der Waals surface area contributed by atoms with Gasteiger partial charge in [0, 0.05) is 12.1 Å². The summed E-state index contributed by atoms with van der Waals surface area (Å²) in [6.45, 7) is 0. The van der Waals surface area contributed by atoms with E-state index in [1.54, 1.807) is 6.26 Å². The summed E-state index contributed by atoms with van der Waals surface area (Å²) >= 11 is -1.06. The van der Waals surface area contributed by atoms with E-state index >= 15 is 0 Å². The molecule has 0 aliphatic rings. The molecule has 3 nitrogen and oxygen atoms in total. The number of hydrogen-bond acceptors (Lipinski definition) is 2. The summed E-state index contributed by atoms with van der Waals surface area (Å²) in [6, 6.07) is 2.75. The first kappa shape index (κ1) is 7.37. The molecule has 0 spiro atoms. The molecule has 0 saturated heterocycles. The summed E-state index contributed by atoms with van der Waals surface area (Å²) in [5, 5.41) is 0. The van der Waals surface area contributed by atoms with Crippen LogP contribution >= 0.6 is 0 Å². The highest BCUT2D eigenvalue weighted by Gasteiger charge is 1.95. The molecule has 1 heterocycles. The van der Waals surface area contributed by atoms with Gasteiger partial charge in [0.1, 0.15) is 6.26 Å². The van der Waals surface area contributed by atoms with Gasteiger partial charge in [-0.3, -0.25) is 4.79 Å². The lowest BCUT2D eigenvalue weighted by Gasteiger charge is -2.04. The summed E-state index contributed by atoms with van der Waals surface area (Å²) in [5.41, 5.74) is -0.0679. The maximum absolute atomic E-state index is 10.7. The predicted molar refractivity (Wildman–Crippen MR) is 40.2 cm³/mol. The van der Waals surface area contributed by atoms with E-state index in [1.165, 1.54) is 28.5 Å². The third-order valence-electron chi connectivity index (χ3n) is 1.07. The van der Waals surface area contributed by atoms with Crippen LogP contribution in [-0.4, -0.2) is 14.8 Å². The monoisotopic (exact) mass is 157 g/mol. The van der Waals surface area contributed by atoms with Crippen LogP contribution in [0.2, 0.25) is 0 Å². The van der Waals surface area contributed by atoms with Gasteiger partial charge in [0.05, 0.1) is 23.8 Å². The largest absolute Gasteiger partial charge is 0.593 e. The summed E-state index contributed by atoms with van der Waals surface area (Å²) in [4.78, 5) is 10.5. The van der Waals surface area contributed by atoms with E-state index in [4.69, 9.17) is 0 Å². The third kappa shape index (κ3) is 1.62. The quantitative estimate of drug-likeness (QED) is 0.538. The Labute approximate surface area is 61.6 Å². The number of rotatable bonds is 1. The van der Waals surface area contributed by atoms with Crippen LogP contribution in [0, 0.1) is 0 Å². The van der Waals surface area contributed by atoms with Crippen molar-refractivity contribution in [2.45, 2.75) is 0 Å². The minimum absolute atomic E-state index is 0.0679. The molecule has 1 rings (SSSR count). The van der Waals surface area contributed by atoms with Gasteiger partial charge in [-0.05, 0) is 0 Å². The fourth-order valence-corrected chi connectivity index (χ4v) is 1.04. The first-order chi connectivity index (χ1) is 4.70. The van der Waals surface area contributed by atoms with Gasteiger partial charge in [-0.15, -0.1) is 0 Å². The fourth-order valence-electron chi connectivity index (χ4n) is 0.571. The number of pyridine rings is 1. The molecular weight excluding hydrogens is 150 g/mol. The van der Waals surface area contributed by atoms with Crippen molar-refractivity contribution >= 4 is 11.4 Å². The van der Waals surface area contributed by atoms with Crippen molar-refractivity contribution in [3.8, 4) is 0 Å². The maximum atomic E-state index is 10.7. The van der Waals surface area contributed by atoms with Crippen molar-refractivity contribution < 1.29 is 4.55 Å². The summed E-state index contributed by atoms with van der Waals surface area (Å²) in [6.07, 6.45) is 4.54. The normalized spacial score (nSPS) is 13.0. The second-order valence-corrected chi connectivity index (χ2v) is 3.09. The molecule has 0 fully saturated rings. The molecule has 10 heavy (non-hydrogen) atoms. The zero-order valence-corrected chi connectivity index (χ0v) is 6.30. The first-order valence-corrected chi connectivity index (χ1v) is 4.24. The van der Waals surface area contributed by atoms with Crippen molar-refractivity contribution in [2.24, 2.45) is 0 Å². The molecule has 0 aliphatic heterocycles. The number of nitrogens with zero attached hydrogens (tertiary/aromatic N) is 1. The van der Waals surface area contributed by atoms with Crippen molar-refractivity contribution in [3.63, 3.8) is 0 Å². The Kier molecular flexibility index (Phi) is 2.13. The molecule has 0 aromatic carbocycles. The average molecular weight is 157 g/mol. The van der Waals surface area contributed by atoms with Crippen LogP contribution in [0.25, 0.3) is 0 Å². The van der Waals surface area contributed by atoms with Crippen LogP contribution in [0.15, 0.2) is 29.3 Å². The van der Waals surface area contributed by atoms with Gasteiger partial charge in [0.2, 0.25) is 0 Å². The second kappa shape index (κ2) is 2.90. The van der Waals surface area contributed by atoms with Crippen LogP contribution < -0.4 is 5.43 Å². The van der Waals surface area contributed by atoms with Crippen LogP contribution in [0.1, 0.15) is 0 Å². The van der Waals surface area contributed by atoms with Crippen LogP contribution in [0.4, 0.5) is 0 Å². The Hall–Kier alpha value is -0.740. The molecule has 0 radical (unpaired) electrons. The van der Waals surface area contributed by atoms with Crippen LogP contribution in [0.3, 0.4) is 0 Å². The molecular formula is C6H7NO2S. The molecule has 54 valence electrons. The number of aromatic nitrogens is 1. The molecule has 0 N–H and O–H groups in total. The van der Waals surface area contributed by atoms with Crippen molar-refractivity contribution in [1.29, 1.82) is 0 Å². The Balaban J connectivity index is 3.00. The minimum Gasteiger partial charge on any atom is -0.593 e. The zero-order chi connectivity index (χ0) is 7.56. The maximum Gasteiger partial charge on any atom is 0.181 e. The van der Waals surface area contributed by atoms with E-state index in [0.717, 1.165) is 0 Å². The summed E-state index contributed by atoms with van der Waals surface area (Å²) < 4.78 is 12.2. The molecule has 1 atom stereocenters. The average Bonchev–Trinajstić information content (AvgIpc) is 1.88. The summed E-state index contributed by atoms with van der Waals surface area (Å²) in [7, 11) is 0. The topological polar surface area (TPSA) is 45.1 Å². The van der Waals surface area contributed by atoms with Gasteiger partial charge >= 0.3 is 0 Å². The molecule has 1 unspecified atom stereocenters. The highest BCUT2D eigenvalue weighted by molar-refractivity contribution is 7.89. The molecule has 0 aliphatic carbocycles. The lowest BCUT2D eigenvalue weighted by molar-refractivity contribution is 0.592. The van der Waals surface area contributed by atoms with E-state index < -0.39 is 11.4 Å². The predicted octanol–water partition coefficient (Wildman–Crippen LogP) is -0.0101. The van der Waals surface area contributed by atoms with Gasteiger partial charge in [0.25, 0.3) is 0 Å². The fraction of sp³-hybridized carbons (Fsp3) is 0.167. The highest BCUT2D eigenvalue weighted by Crippen LogP contribution is 1.89. The lowest BCUT2D eigenvalue weighted by atomic mass is 10.5. The van der Waals surface area contributed by atoms with Gasteiger partial charge in [-0.25, -0.2) is 0 Å². The Bertz CT molecular complexity index is 248. The molecule has 0 bridgehead atoms. The van der Waals surface area contributed by atoms with Gasteiger partial charge in [-0.2, -0.15) is 3.97 Å². The SMILES string of the molecule is C[S+]([O-])n1ccc(=O)cc1. The van der Waals surface area contributed by atoms with Crippen molar-refractivity contribution in [1.82, 2.24) is 3.97 Å². The molecule has 1 aromatic heterocycles. The van der Waals surface area contributed by atoms with Crippen LogP contribution in [-0.2, 0) is 11.4 Å². The second-order valence-electron chi connectivity index (χ2n) is 1.82. The van der Waals surface area contributed by atoms with Gasteiger partial charge in [-0.1, -0.05) is 0 Å². The van der Waals surface area contributed by atoms with Crippen molar-refractivity contribution in [3.05, 3.63) is 34.7 Å². The third-order valence-corrected chi connectivity index (χ3v) is 1.91. The number of hydrogen-bond donors (Lipinski definition) is 0. The molecule has 1 aromatic rings.